The summed E-state index contributed by atoms with van der Waals surface area (Å²) in [6, 6.07) is 0. The van der Waals surface area contributed by atoms with Gasteiger partial charge in [-0.1, -0.05) is 52.9 Å². The predicted molar refractivity (Wildman–Crippen MR) is 131 cm³/mol. The van der Waals surface area contributed by atoms with E-state index in [1.165, 1.54) is 0 Å². The molecule has 0 saturated heterocycles. The molecule has 0 aromatic heterocycles. The number of aliphatic hydroxyl groups is 3. The summed E-state index contributed by atoms with van der Waals surface area (Å²) in [5.41, 5.74) is 5.35. The number of hydrogen-bond acceptors (Lipinski definition) is 8. The van der Waals surface area contributed by atoms with Crippen LogP contribution in [-0.4, -0.2) is 74.4 Å². The van der Waals surface area contributed by atoms with Crippen molar-refractivity contribution in [2.45, 2.75) is 116 Å². The summed E-state index contributed by atoms with van der Waals surface area (Å²) >= 11 is 0. The predicted octanol–water partition coefficient (Wildman–Crippen LogP) is 2.31. The van der Waals surface area contributed by atoms with E-state index in [0.717, 1.165) is 32.1 Å². The first kappa shape index (κ1) is 33.2. The zero-order valence-corrected chi connectivity index (χ0v) is 21.5. The number of carbonyl (C=O) groups excluding carboxylic acids is 1. The van der Waals surface area contributed by atoms with Crippen molar-refractivity contribution in [3.8, 4) is 0 Å². The van der Waals surface area contributed by atoms with Crippen LogP contribution in [0, 0.1) is 17.8 Å². The fraction of sp³-hybridized carbons (Fsp3) is 0.880. The number of rotatable bonds is 21. The molecule has 0 bridgehead atoms. The second-order valence-corrected chi connectivity index (χ2v) is 9.86. The smallest absolute Gasteiger partial charge is 0.307 e. The molecule has 0 heterocycles. The number of ether oxygens (including phenoxy) is 1. The van der Waals surface area contributed by atoms with Gasteiger partial charge in [0.15, 0.2) is 0 Å². The van der Waals surface area contributed by atoms with Crippen LogP contribution in [-0.2, 0) is 19.1 Å². The lowest BCUT2D eigenvalue weighted by Crippen LogP contribution is -2.38. The number of nitrogens with two attached hydrogens (primary N) is 1. The topological polar surface area (TPSA) is 188 Å². The van der Waals surface area contributed by atoms with E-state index in [1.807, 2.05) is 20.8 Å². The Morgan fingerprint density at radius 1 is 0.857 bits per heavy atom. The lowest BCUT2D eigenvalue weighted by Gasteiger charge is -2.30. The quantitative estimate of drug-likeness (QED) is 0.0997. The second kappa shape index (κ2) is 18.5. The van der Waals surface area contributed by atoms with Crippen LogP contribution in [0.3, 0.4) is 0 Å². The van der Waals surface area contributed by atoms with Gasteiger partial charge in [0, 0.05) is 13.0 Å². The number of aliphatic carboxylic acids is 2. The van der Waals surface area contributed by atoms with Gasteiger partial charge >= 0.3 is 17.9 Å². The first-order chi connectivity index (χ1) is 16.4. The number of carbonyl (C=O) groups is 3. The van der Waals surface area contributed by atoms with Crippen molar-refractivity contribution in [3.05, 3.63) is 0 Å². The molecule has 0 saturated carbocycles. The largest absolute Gasteiger partial charge is 0.481 e. The molecule has 7 N–H and O–H groups in total. The van der Waals surface area contributed by atoms with Crippen molar-refractivity contribution in [1.82, 2.24) is 0 Å². The minimum Gasteiger partial charge on any atom is -0.481 e. The monoisotopic (exact) mass is 505 g/mol. The van der Waals surface area contributed by atoms with Gasteiger partial charge in [-0.2, -0.15) is 0 Å². The molecule has 0 amide bonds. The first-order valence-electron chi connectivity index (χ1n) is 12.8. The van der Waals surface area contributed by atoms with E-state index in [9.17, 15) is 29.7 Å². The summed E-state index contributed by atoms with van der Waals surface area (Å²) in [6.45, 7) is 5.91. The number of unbranched alkanes of at least 4 members (excludes halogenated alkanes) is 3. The third-order valence-electron chi connectivity index (χ3n) is 6.48. The van der Waals surface area contributed by atoms with Crippen molar-refractivity contribution < 1.29 is 44.7 Å². The number of esters is 1. The Bertz CT molecular complexity index is 616. The normalized spacial score (nSPS) is 17.6. The van der Waals surface area contributed by atoms with Crippen LogP contribution in [0.25, 0.3) is 0 Å². The van der Waals surface area contributed by atoms with Gasteiger partial charge in [-0.05, 0) is 31.1 Å². The van der Waals surface area contributed by atoms with Crippen molar-refractivity contribution in [2.75, 3.05) is 6.54 Å². The Morgan fingerprint density at radius 2 is 1.46 bits per heavy atom. The molecule has 0 rings (SSSR count). The van der Waals surface area contributed by atoms with Crippen molar-refractivity contribution in [1.29, 1.82) is 0 Å². The van der Waals surface area contributed by atoms with Gasteiger partial charge in [0.1, 0.15) is 6.10 Å². The maximum Gasteiger partial charge on any atom is 0.307 e. The highest BCUT2D eigenvalue weighted by molar-refractivity contribution is 5.82. The molecular formula is C25H47NO9. The molecule has 10 nitrogen and oxygen atoms in total. The molecule has 0 aliphatic carbocycles. The van der Waals surface area contributed by atoms with Gasteiger partial charge in [-0.15, -0.1) is 0 Å². The van der Waals surface area contributed by atoms with E-state index in [2.05, 4.69) is 0 Å². The van der Waals surface area contributed by atoms with Gasteiger partial charge in [-0.25, -0.2) is 0 Å². The van der Waals surface area contributed by atoms with E-state index in [0.29, 0.717) is 25.7 Å². The lowest BCUT2D eigenvalue weighted by molar-refractivity contribution is -0.164. The molecule has 0 spiro atoms. The first-order valence-corrected chi connectivity index (χ1v) is 12.8. The standard InChI is InChI=1S/C25H47NO9/c1-4-17(3)24(35-23(32)13-18(25(33)34)12-22(30)31)21(29)11-16(2)9-7-5-6-8-10-19(27)14-20(28)15-26/h16-21,24,27-29H,4-15,26H2,1-3H3,(H,30,31)(H,33,34)/t16-,17+,18?,19+,20-,21-,24+/m0/s1. The highest BCUT2D eigenvalue weighted by atomic mass is 16.6. The molecular weight excluding hydrogens is 458 g/mol. The summed E-state index contributed by atoms with van der Waals surface area (Å²) in [4.78, 5) is 34.4. The highest BCUT2D eigenvalue weighted by Crippen LogP contribution is 2.24. The van der Waals surface area contributed by atoms with Crippen LogP contribution in [0.2, 0.25) is 0 Å². The number of hydrogen-bond donors (Lipinski definition) is 6. The SMILES string of the molecule is CC[C@@H](C)[C@@H](OC(=O)CC(CC(=O)O)C(=O)O)[C@@H](O)C[C@@H](C)CCCCCC[C@@H](O)C[C@H](O)CN. The van der Waals surface area contributed by atoms with Crippen LogP contribution in [0.5, 0.6) is 0 Å². The molecule has 10 heteroatoms. The number of carboxylic acids is 2. The summed E-state index contributed by atoms with van der Waals surface area (Å²) < 4.78 is 5.45. The van der Waals surface area contributed by atoms with Gasteiger partial charge in [0.25, 0.3) is 0 Å². The fourth-order valence-corrected chi connectivity index (χ4v) is 4.08. The molecule has 7 atom stereocenters. The van der Waals surface area contributed by atoms with Crippen LogP contribution in [0.15, 0.2) is 0 Å². The van der Waals surface area contributed by atoms with E-state index in [1.54, 1.807) is 0 Å². The molecule has 0 fully saturated rings. The van der Waals surface area contributed by atoms with Crippen LogP contribution < -0.4 is 5.73 Å². The van der Waals surface area contributed by atoms with Gasteiger partial charge in [0.2, 0.25) is 0 Å². The molecule has 0 aliphatic heterocycles. The van der Waals surface area contributed by atoms with Crippen LogP contribution in [0.4, 0.5) is 0 Å². The lowest BCUT2D eigenvalue weighted by atomic mass is 9.89. The van der Waals surface area contributed by atoms with Crippen molar-refractivity contribution in [3.63, 3.8) is 0 Å². The third-order valence-corrected chi connectivity index (χ3v) is 6.48. The number of aliphatic hydroxyl groups excluding tert-OH is 3. The summed E-state index contributed by atoms with van der Waals surface area (Å²) in [5.74, 6) is -4.84. The van der Waals surface area contributed by atoms with Crippen molar-refractivity contribution in [2.24, 2.45) is 23.5 Å². The summed E-state index contributed by atoms with van der Waals surface area (Å²) in [6.07, 6.45) is 2.49. The average molecular weight is 506 g/mol. The molecule has 0 aliphatic rings. The zero-order valence-electron chi connectivity index (χ0n) is 21.5. The van der Waals surface area contributed by atoms with Crippen molar-refractivity contribution >= 4 is 17.9 Å². The Hall–Kier alpha value is -1.75. The van der Waals surface area contributed by atoms with E-state index in [4.69, 9.17) is 20.7 Å². The molecule has 35 heavy (non-hydrogen) atoms. The Morgan fingerprint density at radius 3 is 1.97 bits per heavy atom. The molecule has 0 aromatic carbocycles. The minimum absolute atomic E-state index is 0.144. The van der Waals surface area contributed by atoms with Crippen LogP contribution >= 0.6 is 0 Å². The van der Waals surface area contributed by atoms with E-state index >= 15 is 0 Å². The maximum atomic E-state index is 12.3. The van der Waals surface area contributed by atoms with Gasteiger partial charge in [-0.3, -0.25) is 14.4 Å². The Balaban J connectivity index is 4.52. The van der Waals surface area contributed by atoms with Gasteiger partial charge in [0.05, 0.1) is 37.1 Å². The molecule has 206 valence electrons. The summed E-state index contributed by atoms with van der Waals surface area (Å²) in [5, 5.41) is 48.1. The Labute approximate surface area is 208 Å². The van der Waals surface area contributed by atoms with E-state index < -0.39 is 61.1 Å². The third kappa shape index (κ3) is 15.8. The molecule has 1 unspecified atom stereocenters. The Kier molecular flexibility index (Phi) is 17.6. The molecule has 0 radical (unpaired) electrons. The second-order valence-electron chi connectivity index (χ2n) is 9.86. The molecule has 0 aromatic rings. The number of carboxylic acid groups (broad SMARTS) is 2. The maximum absolute atomic E-state index is 12.3. The van der Waals surface area contributed by atoms with E-state index in [-0.39, 0.29) is 18.4 Å². The van der Waals surface area contributed by atoms with Gasteiger partial charge < -0.3 is 36.0 Å². The minimum atomic E-state index is -1.37. The summed E-state index contributed by atoms with van der Waals surface area (Å²) in [7, 11) is 0. The average Bonchev–Trinajstić information content (AvgIpc) is 2.78. The zero-order chi connectivity index (χ0) is 27.0. The fourth-order valence-electron chi connectivity index (χ4n) is 4.08. The highest BCUT2D eigenvalue weighted by Gasteiger charge is 2.32. The van der Waals surface area contributed by atoms with Crippen LogP contribution in [0.1, 0.15) is 91.4 Å².